The smallest absolute Gasteiger partial charge is 0.239 e. The predicted molar refractivity (Wildman–Crippen MR) is 84.5 cm³/mol. The summed E-state index contributed by atoms with van der Waals surface area (Å²) in [4.78, 5) is 11.8. The van der Waals surface area contributed by atoms with Crippen LogP contribution in [0.4, 0.5) is 5.69 Å². The third-order valence-corrected chi connectivity index (χ3v) is 3.16. The van der Waals surface area contributed by atoms with Crippen LogP contribution in [-0.4, -0.2) is 19.6 Å². The molecule has 0 aliphatic heterocycles. The Hall–Kier alpha value is -2.49. The standard InChI is InChI=1S/C17H20N2O2/c1-13-7-9-14(10-8-13)11-19-17(20)12-18-15-5-3-4-6-16(15)21-2/h3-10,18H,11-12H2,1-2H3,(H,19,20). The van der Waals surface area contributed by atoms with Crippen LogP contribution in [0.25, 0.3) is 0 Å². The third-order valence-electron chi connectivity index (χ3n) is 3.16. The predicted octanol–water partition coefficient (Wildman–Crippen LogP) is 2.73. The monoisotopic (exact) mass is 284 g/mol. The molecule has 2 aromatic carbocycles. The second-order valence-corrected chi connectivity index (χ2v) is 4.82. The molecule has 4 heteroatoms. The topological polar surface area (TPSA) is 50.4 Å². The Bertz CT molecular complexity index is 594. The molecule has 0 aliphatic rings. The van der Waals surface area contributed by atoms with Crippen molar-refractivity contribution in [3.8, 4) is 5.75 Å². The molecule has 0 atom stereocenters. The number of para-hydroxylation sites is 2. The molecule has 2 aromatic rings. The molecule has 2 rings (SSSR count). The summed E-state index contributed by atoms with van der Waals surface area (Å²) in [6.07, 6.45) is 0. The number of carbonyl (C=O) groups is 1. The number of anilines is 1. The van der Waals surface area contributed by atoms with E-state index in [2.05, 4.69) is 10.6 Å². The fourth-order valence-corrected chi connectivity index (χ4v) is 1.94. The average molecular weight is 284 g/mol. The highest BCUT2D eigenvalue weighted by molar-refractivity contribution is 5.81. The van der Waals surface area contributed by atoms with Crippen molar-refractivity contribution >= 4 is 11.6 Å². The van der Waals surface area contributed by atoms with Crippen LogP contribution in [0.5, 0.6) is 5.75 Å². The van der Waals surface area contributed by atoms with Crippen LogP contribution in [0.2, 0.25) is 0 Å². The number of hydrogen-bond acceptors (Lipinski definition) is 3. The van der Waals surface area contributed by atoms with Crippen LogP contribution < -0.4 is 15.4 Å². The molecule has 2 N–H and O–H groups in total. The van der Waals surface area contributed by atoms with Gasteiger partial charge < -0.3 is 15.4 Å². The van der Waals surface area contributed by atoms with E-state index < -0.39 is 0 Å². The van der Waals surface area contributed by atoms with Crippen LogP contribution >= 0.6 is 0 Å². The van der Waals surface area contributed by atoms with E-state index in [1.807, 2.05) is 55.5 Å². The highest BCUT2D eigenvalue weighted by Crippen LogP contribution is 2.22. The van der Waals surface area contributed by atoms with Crippen LogP contribution in [0.1, 0.15) is 11.1 Å². The number of methoxy groups -OCH3 is 1. The zero-order valence-electron chi connectivity index (χ0n) is 12.3. The van der Waals surface area contributed by atoms with Crippen molar-refractivity contribution in [1.29, 1.82) is 0 Å². The molecule has 0 saturated heterocycles. The summed E-state index contributed by atoms with van der Waals surface area (Å²) in [5.74, 6) is 0.672. The molecular weight excluding hydrogens is 264 g/mol. The van der Waals surface area contributed by atoms with Crippen molar-refractivity contribution in [3.05, 3.63) is 59.7 Å². The summed E-state index contributed by atoms with van der Waals surface area (Å²) in [6, 6.07) is 15.6. The fourth-order valence-electron chi connectivity index (χ4n) is 1.94. The lowest BCUT2D eigenvalue weighted by Crippen LogP contribution is -2.29. The molecule has 0 heterocycles. The maximum atomic E-state index is 11.8. The van der Waals surface area contributed by atoms with Gasteiger partial charge in [0, 0.05) is 6.54 Å². The van der Waals surface area contributed by atoms with Crippen molar-refractivity contribution in [3.63, 3.8) is 0 Å². The molecular formula is C17H20N2O2. The lowest BCUT2D eigenvalue weighted by molar-refractivity contribution is -0.119. The maximum absolute atomic E-state index is 11.8. The van der Waals surface area contributed by atoms with E-state index >= 15 is 0 Å². The van der Waals surface area contributed by atoms with E-state index in [1.165, 1.54) is 5.56 Å². The summed E-state index contributed by atoms with van der Waals surface area (Å²) in [5.41, 5.74) is 3.11. The molecule has 0 unspecified atom stereocenters. The van der Waals surface area contributed by atoms with Crippen molar-refractivity contribution in [1.82, 2.24) is 5.32 Å². The highest BCUT2D eigenvalue weighted by atomic mass is 16.5. The van der Waals surface area contributed by atoms with E-state index in [4.69, 9.17) is 4.74 Å². The van der Waals surface area contributed by atoms with Gasteiger partial charge in [0.05, 0.1) is 19.3 Å². The first-order chi connectivity index (χ1) is 10.2. The molecule has 0 saturated carbocycles. The second-order valence-electron chi connectivity index (χ2n) is 4.82. The Balaban J connectivity index is 1.81. The zero-order valence-corrected chi connectivity index (χ0v) is 12.3. The molecule has 21 heavy (non-hydrogen) atoms. The van der Waals surface area contributed by atoms with Gasteiger partial charge in [0.1, 0.15) is 5.75 Å². The van der Waals surface area contributed by atoms with E-state index in [-0.39, 0.29) is 12.5 Å². The Morgan fingerprint density at radius 3 is 2.52 bits per heavy atom. The van der Waals surface area contributed by atoms with Gasteiger partial charge in [0.15, 0.2) is 0 Å². The molecule has 0 radical (unpaired) electrons. The molecule has 0 aliphatic carbocycles. The van der Waals surface area contributed by atoms with Crippen molar-refractivity contribution < 1.29 is 9.53 Å². The van der Waals surface area contributed by atoms with Gasteiger partial charge >= 0.3 is 0 Å². The first-order valence-corrected chi connectivity index (χ1v) is 6.88. The van der Waals surface area contributed by atoms with Crippen LogP contribution in [0, 0.1) is 6.92 Å². The number of benzene rings is 2. The largest absolute Gasteiger partial charge is 0.495 e. The number of hydrogen-bond donors (Lipinski definition) is 2. The molecule has 110 valence electrons. The van der Waals surface area contributed by atoms with E-state index in [9.17, 15) is 4.79 Å². The summed E-state index contributed by atoms with van der Waals surface area (Å²) in [6.45, 7) is 2.79. The SMILES string of the molecule is COc1ccccc1NCC(=O)NCc1ccc(C)cc1. The van der Waals surface area contributed by atoms with E-state index in [0.29, 0.717) is 6.54 Å². The lowest BCUT2D eigenvalue weighted by atomic mass is 10.1. The van der Waals surface area contributed by atoms with Crippen molar-refractivity contribution in [2.45, 2.75) is 13.5 Å². The van der Waals surface area contributed by atoms with Crippen LogP contribution in [0.3, 0.4) is 0 Å². The Kier molecular flexibility index (Phi) is 5.21. The van der Waals surface area contributed by atoms with Gasteiger partial charge in [0.25, 0.3) is 0 Å². The van der Waals surface area contributed by atoms with Crippen LogP contribution in [-0.2, 0) is 11.3 Å². The first kappa shape index (κ1) is 14.9. The van der Waals surface area contributed by atoms with Crippen LogP contribution in [0.15, 0.2) is 48.5 Å². The van der Waals surface area contributed by atoms with Crippen molar-refractivity contribution in [2.75, 3.05) is 19.0 Å². The van der Waals surface area contributed by atoms with E-state index in [1.54, 1.807) is 7.11 Å². The Morgan fingerprint density at radius 1 is 1.10 bits per heavy atom. The van der Waals surface area contributed by atoms with Gasteiger partial charge in [-0.05, 0) is 24.6 Å². The average Bonchev–Trinajstić information content (AvgIpc) is 2.52. The normalized spacial score (nSPS) is 10.0. The maximum Gasteiger partial charge on any atom is 0.239 e. The minimum atomic E-state index is -0.0542. The van der Waals surface area contributed by atoms with Gasteiger partial charge in [-0.1, -0.05) is 42.0 Å². The lowest BCUT2D eigenvalue weighted by Gasteiger charge is -2.11. The number of carbonyl (C=O) groups excluding carboxylic acids is 1. The highest BCUT2D eigenvalue weighted by Gasteiger charge is 2.04. The number of nitrogens with one attached hydrogen (secondary N) is 2. The van der Waals surface area contributed by atoms with Gasteiger partial charge in [-0.15, -0.1) is 0 Å². The van der Waals surface area contributed by atoms with Gasteiger partial charge in [-0.3, -0.25) is 4.79 Å². The molecule has 0 spiro atoms. The van der Waals surface area contributed by atoms with Gasteiger partial charge in [-0.2, -0.15) is 0 Å². The zero-order chi connectivity index (χ0) is 15.1. The molecule has 0 fully saturated rings. The Morgan fingerprint density at radius 2 is 1.81 bits per heavy atom. The first-order valence-electron chi connectivity index (χ1n) is 6.88. The summed E-state index contributed by atoms with van der Waals surface area (Å²) >= 11 is 0. The molecule has 0 bridgehead atoms. The Labute approximate surface area is 125 Å². The number of ether oxygens (including phenoxy) is 1. The molecule has 1 amide bonds. The minimum Gasteiger partial charge on any atom is -0.495 e. The number of amides is 1. The number of aryl methyl sites for hydroxylation is 1. The second kappa shape index (κ2) is 7.33. The summed E-state index contributed by atoms with van der Waals surface area (Å²) < 4.78 is 5.22. The van der Waals surface area contributed by atoms with E-state index in [0.717, 1.165) is 17.0 Å². The minimum absolute atomic E-state index is 0.0542. The summed E-state index contributed by atoms with van der Waals surface area (Å²) in [5, 5.41) is 5.96. The quantitative estimate of drug-likeness (QED) is 0.857. The fraction of sp³-hybridized carbons (Fsp3) is 0.235. The number of rotatable bonds is 6. The van der Waals surface area contributed by atoms with Gasteiger partial charge in [0.2, 0.25) is 5.91 Å². The molecule has 4 nitrogen and oxygen atoms in total. The van der Waals surface area contributed by atoms with Gasteiger partial charge in [-0.25, -0.2) is 0 Å². The van der Waals surface area contributed by atoms with Crippen molar-refractivity contribution in [2.24, 2.45) is 0 Å². The third kappa shape index (κ3) is 4.53. The molecule has 0 aromatic heterocycles. The summed E-state index contributed by atoms with van der Waals surface area (Å²) in [7, 11) is 1.61.